The predicted octanol–water partition coefficient (Wildman–Crippen LogP) is 4.73. The molecule has 0 bridgehead atoms. The molecule has 0 unspecified atom stereocenters. The second-order valence-corrected chi connectivity index (χ2v) is 7.49. The fourth-order valence-electron chi connectivity index (χ4n) is 3.53. The van der Waals surface area contributed by atoms with Crippen LogP contribution in [0.5, 0.6) is 0 Å². The molecule has 1 aliphatic rings. The van der Waals surface area contributed by atoms with Gasteiger partial charge in [-0.15, -0.1) is 11.8 Å². The number of hydrogen-bond acceptors (Lipinski definition) is 4. The molecule has 1 fully saturated rings. The van der Waals surface area contributed by atoms with Gasteiger partial charge in [0.15, 0.2) is 0 Å². The Kier molecular flexibility index (Phi) is 4.72. The lowest BCUT2D eigenvalue weighted by Crippen LogP contribution is -2.47. The molecule has 0 atom stereocenters. The first-order chi connectivity index (χ1) is 12.7. The van der Waals surface area contributed by atoms with E-state index in [0.717, 1.165) is 37.5 Å². The molecule has 0 radical (unpaired) electrons. The summed E-state index contributed by atoms with van der Waals surface area (Å²) >= 11 is 1.75. The van der Waals surface area contributed by atoms with E-state index in [1.807, 2.05) is 12.1 Å². The SMILES string of the molecule is CSc1ccc2nc(N3CCN(c4ccccc4F)CC3)cc(C)c2c1. The van der Waals surface area contributed by atoms with Crippen molar-refractivity contribution in [2.75, 3.05) is 42.2 Å². The minimum atomic E-state index is -0.148. The summed E-state index contributed by atoms with van der Waals surface area (Å²) in [5.41, 5.74) is 2.98. The van der Waals surface area contributed by atoms with Crippen LogP contribution in [0.25, 0.3) is 10.9 Å². The summed E-state index contributed by atoms with van der Waals surface area (Å²) in [7, 11) is 0. The second kappa shape index (κ2) is 7.16. The van der Waals surface area contributed by atoms with Crippen LogP contribution in [0.2, 0.25) is 0 Å². The largest absolute Gasteiger partial charge is 0.366 e. The van der Waals surface area contributed by atoms with Crippen LogP contribution >= 0.6 is 11.8 Å². The lowest BCUT2D eigenvalue weighted by Gasteiger charge is -2.37. The quantitative estimate of drug-likeness (QED) is 0.623. The first kappa shape index (κ1) is 17.2. The number of fused-ring (bicyclic) bond motifs is 1. The molecular weight excluding hydrogens is 345 g/mol. The average molecular weight is 367 g/mol. The van der Waals surface area contributed by atoms with E-state index in [9.17, 15) is 4.39 Å². The summed E-state index contributed by atoms with van der Waals surface area (Å²) in [5.74, 6) is 0.866. The van der Waals surface area contributed by atoms with Gasteiger partial charge in [0.1, 0.15) is 11.6 Å². The average Bonchev–Trinajstić information content (AvgIpc) is 2.68. The Bertz CT molecular complexity index is 936. The smallest absolute Gasteiger partial charge is 0.146 e. The van der Waals surface area contributed by atoms with Crippen molar-refractivity contribution < 1.29 is 4.39 Å². The zero-order valence-electron chi connectivity index (χ0n) is 15.1. The molecule has 5 heteroatoms. The van der Waals surface area contributed by atoms with Gasteiger partial charge in [-0.1, -0.05) is 12.1 Å². The van der Waals surface area contributed by atoms with Crippen molar-refractivity contribution in [1.29, 1.82) is 0 Å². The summed E-state index contributed by atoms with van der Waals surface area (Å²) in [5, 5.41) is 1.21. The third kappa shape index (κ3) is 3.23. The van der Waals surface area contributed by atoms with Crippen molar-refractivity contribution in [3.63, 3.8) is 0 Å². The van der Waals surface area contributed by atoms with Gasteiger partial charge in [-0.25, -0.2) is 9.37 Å². The fourth-order valence-corrected chi connectivity index (χ4v) is 3.97. The lowest BCUT2D eigenvalue weighted by molar-refractivity contribution is 0.596. The highest BCUT2D eigenvalue weighted by Crippen LogP contribution is 2.28. The molecule has 134 valence electrons. The lowest BCUT2D eigenvalue weighted by atomic mass is 10.1. The van der Waals surface area contributed by atoms with Crippen molar-refractivity contribution in [3.8, 4) is 0 Å². The molecule has 3 aromatic rings. The minimum Gasteiger partial charge on any atom is -0.366 e. The Morgan fingerprint density at radius 3 is 2.42 bits per heavy atom. The van der Waals surface area contributed by atoms with Crippen molar-refractivity contribution in [2.45, 2.75) is 11.8 Å². The van der Waals surface area contributed by atoms with E-state index in [1.165, 1.54) is 21.9 Å². The first-order valence-electron chi connectivity index (χ1n) is 8.85. The maximum Gasteiger partial charge on any atom is 0.146 e. The van der Waals surface area contributed by atoms with E-state index in [0.29, 0.717) is 5.69 Å². The van der Waals surface area contributed by atoms with Crippen LogP contribution in [0.1, 0.15) is 5.56 Å². The monoisotopic (exact) mass is 367 g/mol. The van der Waals surface area contributed by atoms with E-state index in [2.05, 4.69) is 47.2 Å². The fraction of sp³-hybridized carbons (Fsp3) is 0.286. The van der Waals surface area contributed by atoms with Gasteiger partial charge in [0, 0.05) is 36.5 Å². The van der Waals surface area contributed by atoms with E-state index < -0.39 is 0 Å². The van der Waals surface area contributed by atoms with Gasteiger partial charge >= 0.3 is 0 Å². The van der Waals surface area contributed by atoms with E-state index >= 15 is 0 Å². The van der Waals surface area contributed by atoms with Gasteiger partial charge in [0.05, 0.1) is 11.2 Å². The zero-order chi connectivity index (χ0) is 18.1. The van der Waals surface area contributed by atoms with Crippen LogP contribution in [0, 0.1) is 12.7 Å². The highest BCUT2D eigenvalue weighted by Gasteiger charge is 2.20. The van der Waals surface area contributed by atoms with Crippen LogP contribution < -0.4 is 9.80 Å². The Morgan fingerprint density at radius 1 is 0.962 bits per heavy atom. The van der Waals surface area contributed by atoms with Crippen LogP contribution in [0.3, 0.4) is 0 Å². The number of para-hydroxylation sites is 1. The Hall–Kier alpha value is -2.27. The number of anilines is 2. The van der Waals surface area contributed by atoms with E-state index in [4.69, 9.17) is 4.98 Å². The van der Waals surface area contributed by atoms with Crippen molar-refractivity contribution in [1.82, 2.24) is 4.98 Å². The molecule has 0 saturated carbocycles. The number of thioether (sulfide) groups is 1. The van der Waals surface area contributed by atoms with Gasteiger partial charge in [-0.3, -0.25) is 0 Å². The molecule has 1 aromatic heterocycles. The summed E-state index contributed by atoms with van der Waals surface area (Å²) in [4.78, 5) is 10.5. The number of halogens is 1. The summed E-state index contributed by atoms with van der Waals surface area (Å²) < 4.78 is 14.0. The van der Waals surface area contributed by atoms with Gasteiger partial charge < -0.3 is 9.80 Å². The highest BCUT2D eigenvalue weighted by atomic mass is 32.2. The number of nitrogens with zero attached hydrogens (tertiary/aromatic N) is 3. The topological polar surface area (TPSA) is 19.4 Å². The molecule has 2 heterocycles. The summed E-state index contributed by atoms with van der Waals surface area (Å²) in [6.07, 6.45) is 2.09. The Balaban J connectivity index is 1.55. The van der Waals surface area contributed by atoms with E-state index in [-0.39, 0.29) is 5.82 Å². The number of hydrogen-bond donors (Lipinski definition) is 0. The Labute approximate surface area is 157 Å². The standard InChI is InChI=1S/C21H22FN3S/c1-15-13-21(23-19-8-7-16(26-2)14-17(15)19)25-11-9-24(10-12-25)20-6-4-3-5-18(20)22/h3-8,13-14H,9-12H2,1-2H3. The maximum atomic E-state index is 14.0. The van der Waals surface area contributed by atoms with Crippen LogP contribution in [0.4, 0.5) is 15.9 Å². The maximum absolute atomic E-state index is 14.0. The summed E-state index contributed by atoms with van der Waals surface area (Å²) in [6, 6.07) is 15.6. The second-order valence-electron chi connectivity index (χ2n) is 6.61. The molecular formula is C21H22FN3S. The molecule has 0 spiro atoms. The molecule has 26 heavy (non-hydrogen) atoms. The van der Waals surface area contributed by atoms with Crippen LogP contribution in [-0.2, 0) is 0 Å². The van der Waals surface area contributed by atoms with Gasteiger partial charge in [0.25, 0.3) is 0 Å². The predicted molar refractivity (Wildman–Crippen MR) is 109 cm³/mol. The molecule has 0 aliphatic carbocycles. The van der Waals surface area contributed by atoms with Crippen molar-refractivity contribution in [2.24, 2.45) is 0 Å². The van der Waals surface area contributed by atoms with Crippen LogP contribution in [-0.4, -0.2) is 37.4 Å². The minimum absolute atomic E-state index is 0.148. The molecule has 1 aliphatic heterocycles. The normalized spacial score (nSPS) is 14.9. The highest BCUT2D eigenvalue weighted by molar-refractivity contribution is 7.98. The van der Waals surface area contributed by atoms with Gasteiger partial charge in [0.2, 0.25) is 0 Å². The number of pyridine rings is 1. The molecule has 1 saturated heterocycles. The first-order valence-corrected chi connectivity index (χ1v) is 10.1. The van der Waals surface area contributed by atoms with Crippen molar-refractivity contribution >= 4 is 34.2 Å². The van der Waals surface area contributed by atoms with E-state index in [1.54, 1.807) is 17.8 Å². The third-order valence-electron chi connectivity index (χ3n) is 5.01. The molecule has 0 N–H and O–H groups in total. The zero-order valence-corrected chi connectivity index (χ0v) is 15.9. The molecule has 3 nitrogen and oxygen atoms in total. The Morgan fingerprint density at radius 2 is 1.69 bits per heavy atom. The van der Waals surface area contributed by atoms with Crippen molar-refractivity contribution in [3.05, 3.63) is 59.9 Å². The number of benzene rings is 2. The number of aryl methyl sites for hydroxylation is 1. The number of aromatic nitrogens is 1. The molecule has 0 amide bonds. The molecule has 4 rings (SSSR count). The molecule has 2 aromatic carbocycles. The van der Waals surface area contributed by atoms with Gasteiger partial charge in [-0.05, 0) is 55.1 Å². The summed E-state index contributed by atoms with van der Waals surface area (Å²) in [6.45, 7) is 5.42. The van der Waals surface area contributed by atoms with Crippen LogP contribution in [0.15, 0.2) is 53.4 Å². The third-order valence-corrected chi connectivity index (χ3v) is 5.73. The number of rotatable bonds is 3. The number of piperazine rings is 1. The van der Waals surface area contributed by atoms with Gasteiger partial charge in [-0.2, -0.15) is 0 Å².